The van der Waals surface area contributed by atoms with Crippen LogP contribution >= 0.6 is 0 Å². The van der Waals surface area contributed by atoms with E-state index in [4.69, 9.17) is 4.42 Å². The van der Waals surface area contributed by atoms with Gasteiger partial charge in [0.1, 0.15) is 0 Å². The summed E-state index contributed by atoms with van der Waals surface area (Å²) < 4.78 is 6.58. The first-order valence-corrected chi connectivity index (χ1v) is 7.99. The molecule has 2 N–H and O–H groups in total. The van der Waals surface area contributed by atoms with Crippen molar-refractivity contribution in [2.24, 2.45) is 0 Å². The Morgan fingerprint density at radius 2 is 1.88 bits per heavy atom. The van der Waals surface area contributed by atoms with Crippen molar-refractivity contribution in [1.82, 2.24) is 19.9 Å². The normalized spacial score (nSPS) is 11.1. The molecule has 8 heteroatoms. The number of benzene rings is 2. The minimum absolute atomic E-state index is 0.0712. The molecule has 26 heavy (non-hydrogen) atoms. The number of carbonyl (C=O) groups excluding carboxylic acids is 1. The van der Waals surface area contributed by atoms with Gasteiger partial charge in [0.25, 0.3) is 11.5 Å². The summed E-state index contributed by atoms with van der Waals surface area (Å²) in [6.07, 6.45) is 0. The molecule has 0 bridgehead atoms. The van der Waals surface area contributed by atoms with Gasteiger partial charge in [-0.1, -0.05) is 24.3 Å². The number of carbonyl (C=O) groups is 1. The maximum Gasteiger partial charge on any atom is 0.420 e. The molecular weight excluding hydrogens is 336 g/mol. The number of aromatic amines is 1. The molecule has 0 unspecified atom stereocenters. The van der Waals surface area contributed by atoms with Crippen LogP contribution in [0.25, 0.3) is 22.0 Å². The Hall–Kier alpha value is -3.68. The Balaban J connectivity index is 1.51. The van der Waals surface area contributed by atoms with Crippen LogP contribution in [-0.4, -0.2) is 27.0 Å². The van der Waals surface area contributed by atoms with E-state index >= 15 is 0 Å². The quantitative estimate of drug-likeness (QED) is 0.576. The van der Waals surface area contributed by atoms with Crippen molar-refractivity contribution in [3.8, 4) is 0 Å². The van der Waals surface area contributed by atoms with Crippen molar-refractivity contribution in [1.29, 1.82) is 0 Å². The summed E-state index contributed by atoms with van der Waals surface area (Å²) in [5.41, 5.74) is 1.21. The molecule has 8 nitrogen and oxygen atoms in total. The summed E-state index contributed by atoms with van der Waals surface area (Å²) in [6.45, 7) is 0.415. The minimum Gasteiger partial charge on any atom is -0.408 e. The molecule has 0 aliphatic carbocycles. The van der Waals surface area contributed by atoms with E-state index in [0.29, 0.717) is 22.0 Å². The van der Waals surface area contributed by atoms with Crippen molar-refractivity contribution < 1.29 is 9.21 Å². The molecule has 2 aromatic carbocycles. The third kappa shape index (κ3) is 2.77. The fourth-order valence-corrected chi connectivity index (χ4v) is 2.78. The third-order valence-corrected chi connectivity index (χ3v) is 4.02. The molecule has 0 fully saturated rings. The van der Waals surface area contributed by atoms with Gasteiger partial charge in [0.15, 0.2) is 11.4 Å². The van der Waals surface area contributed by atoms with Crippen LogP contribution in [0.15, 0.2) is 62.5 Å². The second kappa shape index (κ2) is 6.32. The highest BCUT2D eigenvalue weighted by Gasteiger charge is 2.12. The summed E-state index contributed by atoms with van der Waals surface area (Å²) in [5.74, 6) is -1.08. The smallest absolute Gasteiger partial charge is 0.408 e. The van der Waals surface area contributed by atoms with Gasteiger partial charge in [0.2, 0.25) is 0 Å². The van der Waals surface area contributed by atoms with Crippen LogP contribution in [0.1, 0.15) is 10.6 Å². The second-order valence-corrected chi connectivity index (χ2v) is 5.67. The topological polar surface area (TPSA) is 110 Å². The SMILES string of the molecule is O=C(NCCn1c(=O)oc2ccccc21)c1nc2ccccc2c(=O)[nH]1. The number of nitrogens with one attached hydrogen (secondary N) is 2. The molecule has 4 rings (SSSR count). The number of nitrogens with zero attached hydrogens (tertiary/aromatic N) is 2. The Labute approximate surface area is 146 Å². The number of oxazole rings is 1. The average molecular weight is 350 g/mol. The van der Waals surface area contributed by atoms with Crippen LogP contribution in [-0.2, 0) is 6.54 Å². The van der Waals surface area contributed by atoms with E-state index in [1.54, 1.807) is 48.5 Å². The first-order chi connectivity index (χ1) is 12.6. The van der Waals surface area contributed by atoms with E-state index < -0.39 is 11.7 Å². The van der Waals surface area contributed by atoms with Gasteiger partial charge < -0.3 is 14.7 Å². The van der Waals surface area contributed by atoms with Gasteiger partial charge in [-0.3, -0.25) is 14.2 Å². The van der Waals surface area contributed by atoms with Crippen LogP contribution in [0.5, 0.6) is 0 Å². The fourth-order valence-electron chi connectivity index (χ4n) is 2.78. The molecular formula is C18H14N4O4. The van der Waals surface area contributed by atoms with Gasteiger partial charge in [0, 0.05) is 13.1 Å². The van der Waals surface area contributed by atoms with E-state index in [9.17, 15) is 14.4 Å². The number of aromatic nitrogens is 3. The van der Waals surface area contributed by atoms with Gasteiger partial charge in [-0.15, -0.1) is 0 Å². The number of amides is 1. The second-order valence-electron chi connectivity index (χ2n) is 5.67. The Kier molecular flexibility index (Phi) is 3.85. The maximum absolute atomic E-state index is 12.3. The monoisotopic (exact) mass is 350 g/mol. The fraction of sp³-hybridized carbons (Fsp3) is 0.111. The van der Waals surface area contributed by atoms with Crippen LogP contribution in [0.2, 0.25) is 0 Å². The van der Waals surface area contributed by atoms with Gasteiger partial charge >= 0.3 is 5.76 Å². The summed E-state index contributed by atoms with van der Waals surface area (Å²) in [6, 6.07) is 13.8. The molecule has 0 saturated carbocycles. The predicted octanol–water partition coefficient (Wildman–Crippen LogP) is 1.26. The summed E-state index contributed by atoms with van der Waals surface area (Å²) in [4.78, 5) is 42.8. The van der Waals surface area contributed by atoms with E-state index in [2.05, 4.69) is 15.3 Å². The van der Waals surface area contributed by atoms with Crippen LogP contribution < -0.4 is 16.6 Å². The summed E-state index contributed by atoms with van der Waals surface area (Å²) in [7, 11) is 0. The summed E-state index contributed by atoms with van der Waals surface area (Å²) in [5, 5.41) is 3.07. The van der Waals surface area contributed by atoms with Crippen LogP contribution in [0, 0.1) is 0 Å². The number of hydrogen-bond donors (Lipinski definition) is 2. The molecule has 2 aromatic heterocycles. The highest BCUT2D eigenvalue weighted by atomic mass is 16.4. The van der Waals surface area contributed by atoms with E-state index in [1.165, 1.54) is 4.57 Å². The zero-order valence-electron chi connectivity index (χ0n) is 13.6. The van der Waals surface area contributed by atoms with Crippen LogP contribution in [0.3, 0.4) is 0 Å². The molecule has 130 valence electrons. The summed E-state index contributed by atoms with van der Waals surface area (Å²) >= 11 is 0. The lowest BCUT2D eigenvalue weighted by molar-refractivity contribution is 0.0942. The Morgan fingerprint density at radius 3 is 2.77 bits per heavy atom. The molecule has 2 heterocycles. The number of fused-ring (bicyclic) bond motifs is 2. The highest BCUT2D eigenvalue weighted by Crippen LogP contribution is 2.11. The van der Waals surface area contributed by atoms with Crippen molar-refractivity contribution in [3.05, 3.63) is 75.3 Å². The Morgan fingerprint density at radius 1 is 1.12 bits per heavy atom. The number of hydrogen-bond acceptors (Lipinski definition) is 5. The van der Waals surface area contributed by atoms with Crippen LogP contribution in [0.4, 0.5) is 0 Å². The van der Waals surface area contributed by atoms with Crippen molar-refractivity contribution in [3.63, 3.8) is 0 Å². The molecule has 0 aliphatic heterocycles. The predicted molar refractivity (Wildman–Crippen MR) is 95.2 cm³/mol. The number of para-hydroxylation sites is 3. The van der Waals surface area contributed by atoms with Gasteiger partial charge in [-0.05, 0) is 24.3 Å². The number of H-pyrrole nitrogens is 1. The standard InChI is InChI=1S/C18H14N4O4/c23-16-11-5-1-2-6-12(11)20-15(21-16)17(24)19-9-10-22-13-7-3-4-8-14(13)26-18(22)25/h1-8H,9-10H2,(H,19,24)(H,20,21,23). The Bertz CT molecular complexity index is 1240. The molecule has 0 radical (unpaired) electrons. The lowest BCUT2D eigenvalue weighted by Gasteiger charge is -2.06. The average Bonchev–Trinajstić information content (AvgIpc) is 2.97. The zero-order chi connectivity index (χ0) is 18.1. The largest absolute Gasteiger partial charge is 0.420 e. The van der Waals surface area contributed by atoms with Gasteiger partial charge in [-0.2, -0.15) is 0 Å². The minimum atomic E-state index is -0.520. The van der Waals surface area contributed by atoms with Crippen molar-refractivity contribution in [2.75, 3.05) is 6.54 Å². The highest BCUT2D eigenvalue weighted by molar-refractivity contribution is 5.92. The number of rotatable bonds is 4. The van der Waals surface area contributed by atoms with E-state index in [-0.39, 0.29) is 24.5 Å². The molecule has 0 saturated heterocycles. The lowest BCUT2D eigenvalue weighted by atomic mass is 10.2. The van der Waals surface area contributed by atoms with Gasteiger partial charge in [0.05, 0.1) is 16.4 Å². The molecule has 0 aliphatic rings. The maximum atomic E-state index is 12.3. The zero-order valence-corrected chi connectivity index (χ0v) is 13.6. The van der Waals surface area contributed by atoms with Crippen molar-refractivity contribution >= 4 is 27.9 Å². The van der Waals surface area contributed by atoms with E-state index in [0.717, 1.165) is 0 Å². The first-order valence-electron chi connectivity index (χ1n) is 7.99. The molecule has 1 amide bonds. The first kappa shape index (κ1) is 15.8. The lowest BCUT2D eigenvalue weighted by Crippen LogP contribution is -2.32. The molecule has 0 spiro atoms. The van der Waals surface area contributed by atoms with Crippen molar-refractivity contribution in [2.45, 2.75) is 6.54 Å². The molecule has 0 atom stereocenters. The third-order valence-electron chi connectivity index (χ3n) is 4.02. The van der Waals surface area contributed by atoms with Gasteiger partial charge in [-0.25, -0.2) is 9.78 Å². The van der Waals surface area contributed by atoms with E-state index in [1.807, 2.05) is 0 Å². The molecule has 4 aromatic rings.